The van der Waals surface area contributed by atoms with Crippen molar-refractivity contribution in [2.45, 2.75) is 110 Å². The van der Waals surface area contributed by atoms with Gasteiger partial charge in [-0.3, -0.25) is 24.1 Å². The highest BCUT2D eigenvalue weighted by Crippen LogP contribution is 2.40. The number of amides is 4. The topological polar surface area (TPSA) is 214 Å². The Bertz CT molecular complexity index is 2750. The number of thiocarbonyl (C=S) groups is 1. The van der Waals surface area contributed by atoms with Crippen molar-refractivity contribution >= 4 is 63.7 Å². The fourth-order valence-corrected chi connectivity index (χ4v) is 10.3. The third-order valence-electron chi connectivity index (χ3n) is 13.3. The lowest BCUT2D eigenvalue weighted by molar-refractivity contribution is -0.144. The molecule has 2 saturated heterocycles. The number of halogens is 3. The first kappa shape index (κ1) is 63.1. The summed E-state index contributed by atoms with van der Waals surface area (Å²) in [6.45, 7) is 14.8. The summed E-state index contributed by atoms with van der Waals surface area (Å²) in [6.07, 6.45) is -2.29. The summed E-state index contributed by atoms with van der Waals surface area (Å²) in [7, 11) is 0. The first-order valence-corrected chi connectivity index (χ1v) is 27.9. The molecule has 0 aliphatic carbocycles. The number of thiazole rings is 1. The molecule has 18 nitrogen and oxygen atoms in total. The molecule has 2 aliphatic heterocycles. The minimum Gasteiger partial charge on any atom is -0.491 e. The standard InChI is InChI=1S/C57H72F3N7O11S2/c1-38-49(80-37-63-38)40-13-11-39(12-14-40)34-62-51(70)47-32-44(68)35-65(47)52(71)50(55(2,3)4)64-48(69)36-77-28-27-75-24-10-8-22-73-21-7-9-23-74-25-26-76-29-30-78-45-19-17-42(18-20-45)67-54(79)66(53(72)56(67,5)6)43-16-15-41(33-61)46(31-43)57(58,59)60/h11-20,31,37,44,47,50,68H,7-10,21-30,32,34-36H2,1-6H3,(H,62,70)(H,64,69)/t44-,47+,50-/m1/s1. The van der Waals surface area contributed by atoms with Gasteiger partial charge in [0.1, 0.15) is 36.6 Å². The second-order valence-corrected chi connectivity index (χ2v) is 22.1. The average molecular weight is 1150 g/mol. The molecular weight excluding hydrogens is 1080 g/mol. The smallest absolute Gasteiger partial charge is 0.417 e. The summed E-state index contributed by atoms with van der Waals surface area (Å²) < 4.78 is 75.1. The number of anilines is 2. The molecular formula is C57H72F3N7O11S2. The number of ether oxygens (including phenoxy) is 6. The van der Waals surface area contributed by atoms with Crippen molar-refractivity contribution in [3.05, 3.63) is 94.6 Å². The van der Waals surface area contributed by atoms with Crippen molar-refractivity contribution in [3.63, 3.8) is 0 Å². The molecule has 0 bridgehead atoms. The number of aliphatic hydroxyl groups is 1. The maximum Gasteiger partial charge on any atom is 0.417 e. The third kappa shape index (κ3) is 17.5. The predicted octanol–water partition coefficient (Wildman–Crippen LogP) is 7.76. The van der Waals surface area contributed by atoms with Gasteiger partial charge in [-0.1, -0.05) is 45.0 Å². The zero-order valence-corrected chi connectivity index (χ0v) is 47.7. The summed E-state index contributed by atoms with van der Waals surface area (Å²) in [5.41, 5.74) is 1.52. The number of hydrogen-bond acceptors (Lipinski definition) is 15. The zero-order chi connectivity index (χ0) is 58.0. The van der Waals surface area contributed by atoms with Crippen LogP contribution in [0.5, 0.6) is 5.75 Å². The number of aliphatic hydroxyl groups excluding tert-OH is 1. The van der Waals surface area contributed by atoms with E-state index in [1.165, 1.54) is 11.0 Å². The van der Waals surface area contributed by atoms with Crippen LogP contribution in [-0.4, -0.2) is 147 Å². The molecule has 434 valence electrons. The van der Waals surface area contributed by atoms with Gasteiger partial charge in [0, 0.05) is 51.6 Å². The molecule has 3 atom stereocenters. The summed E-state index contributed by atoms with van der Waals surface area (Å²) in [5, 5.41) is 25.4. The van der Waals surface area contributed by atoms with Crippen molar-refractivity contribution in [1.29, 1.82) is 5.26 Å². The summed E-state index contributed by atoms with van der Waals surface area (Å²) in [5.74, 6) is -1.28. The fourth-order valence-electron chi connectivity index (χ4n) is 8.98. The van der Waals surface area contributed by atoms with E-state index in [0.717, 1.165) is 64.4 Å². The molecule has 4 amide bonds. The molecule has 23 heteroatoms. The Morgan fingerprint density at radius 2 is 1.43 bits per heavy atom. The minimum absolute atomic E-state index is 0.00163. The molecule has 3 aromatic carbocycles. The lowest BCUT2D eigenvalue weighted by Crippen LogP contribution is -2.58. The number of likely N-dealkylation sites (tertiary alicyclic amines) is 1. The summed E-state index contributed by atoms with van der Waals surface area (Å²) >= 11 is 7.18. The molecule has 3 N–H and O–H groups in total. The first-order valence-electron chi connectivity index (χ1n) is 26.6. The SMILES string of the molecule is Cc1ncsc1-c1ccc(CNC(=O)[C@@H]2C[C@@H](O)CN2C(=O)[C@@H](NC(=O)COCCOCCCCOCCCCOCCOCCOc2ccc(N3C(=S)N(c4ccc(C#N)c(C(F)(F)F)c4)C(=O)C3(C)C)cc2)C(C)(C)C)cc1. The van der Waals surface area contributed by atoms with Crippen LogP contribution in [0.3, 0.4) is 0 Å². The van der Waals surface area contributed by atoms with Crippen LogP contribution < -0.4 is 25.2 Å². The van der Waals surface area contributed by atoms with E-state index in [0.29, 0.717) is 57.7 Å². The second-order valence-electron chi connectivity index (χ2n) is 20.9. The summed E-state index contributed by atoms with van der Waals surface area (Å²) in [6, 6.07) is 17.4. The van der Waals surface area contributed by atoms with Crippen LogP contribution in [0.25, 0.3) is 10.4 Å². The Morgan fingerprint density at radius 3 is 2.00 bits per heavy atom. The lowest BCUT2D eigenvalue weighted by atomic mass is 9.85. The fraction of sp³-hybridized carbons (Fsp3) is 0.526. The van der Waals surface area contributed by atoms with Crippen LogP contribution in [0, 0.1) is 23.7 Å². The number of aryl methyl sites for hydroxylation is 1. The van der Waals surface area contributed by atoms with Gasteiger partial charge in [-0.15, -0.1) is 11.3 Å². The average Bonchev–Trinajstić information content (AvgIpc) is 4.14. The van der Waals surface area contributed by atoms with Crippen molar-refractivity contribution in [2.24, 2.45) is 5.41 Å². The normalized spacial score (nSPS) is 16.7. The second kappa shape index (κ2) is 29.6. The van der Waals surface area contributed by atoms with Gasteiger partial charge in [0.05, 0.1) is 78.1 Å². The van der Waals surface area contributed by atoms with Gasteiger partial charge < -0.3 is 54.0 Å². The van der Waals surface area contributed by atoms with Gasteiger partial charge in [0.2, 0.25) is 17.7 Å². The number of carbonyl (C=O) groups is 4. The zero-order valence-electron chi connectivity index (χ0n) is 46.1. The van der Waals surface area contributed by atoms with Gasteiger partial charge in [-0.2, -0.15) is 18.4 Å². The molecule has 3 heterocycles. The maximum absolute atomic E-state index is 13.9. The van der Waals surface area contributed by atoms with Crippen LogP contribution in [0.15, 0.2) is 72.2 Å². The van der Waals surface area contributed by atoms with Crippen LogP contribution in [0.4, 0.5) is 24.5 Å². The van der Waals surface area contributed by atoms with E-state index in [-0.39, 0.29) is 62.6 Å². The largest absolute Gasteiger partial charge is 0.491 e. The van der Waals surface area contributed by atoms with Gasteiger partial charge in [-0.05, 0) is 118 Å². The molecule has 80 heavy (non-hydrogen) atoms. The molecule has 2 aliphatic rings. The predicted molar refractivity (Wildman–Crippen MR) is 299 cm³/mol. The Hall–Kier alpha value is -6.10. The van der Waals surface area contributed by atoms with E-state index in [1.807, 2.05) is 52.0 Å². The molecule has 6 rings (SSSR count). The quantitative estimate of drug-likeness (QED) is 0.0336. The number of nitriles is 1. The monoisotopic (exact) mass is 1150 g/mol. The Morgan fingerprint density at radius 1 is 0.850 bits per heavy atom. The van der Waals surface area contributed by atoms with Crippen molar-refractivity contribution in [2.75, 3.05) is 89.0 Å². The first-order chi connectivity index (χ1) is 38.1. The number of β-amino-alcohol motifs (C(OH)–C–C–N with tert-alkyl or cyclic N) is 1. The van der Waals surface area contributed by atoms with E-state index in [1.54, 1.807) is 65.9 Å². The highest BCUT2D eigenvalue weighted by Gasteiger charge is 2.51. The van der Waals surface area contributed by atoms with E-state index in [4.69, 9.17) is 40.6 Å². The number of carbonyl (C=O) groups excluding carboxylic acids is 4. The Kier molecular flexibility index (Phi) is 23.3. The number of unbranched alkanes of at least 4 members (excludes halogenated alkanes) is 2. The van der Waals surface area contributed by atoms with Crippen LogP contribution in [-0.2, 0) is 55.6 Å². The summed E-state index contributed by atoms with van der Waals surface area (Å²) in [4.78, 5) is 63.2. The number of rotatable bonds is 30. The Labute approximate surface area is 474 Å². The lowest BCUT2D eigenvalue weighted by Gasteiger charge is -2.35. The minimum atomic E-state index is -4.80. The highest BCUT2D eigenvalue weighted by molar-refractivity contribution is 7.81. The van der Waals surface area contributed by atoms with Crippen LogP contribution in [0.1, 0.15) is 89.1 Å². The van der Waals surface area contributed by atoms with Crippen molar-refractivity contribution in [3.8, 4) is 22.3 Å². The van der Waals surface area contributed by atoms with Gasteiger partial charge in [0.15, 0.2) is 5.11 Å². The van der Waals surface area contributed by atoms with Gasteiger partial charge in [-0.25, -0.2) is 4.98 Å². The van der Waals surface area contributed by atoms with E-state index < -0.39 is 64.2 Å². The highest BCUT2D eigenvalue weighted by atomic mass is 32.1. The number of benzene rings is 3. The molecule has 0 radical (unpaired) electrons. The number of nitrogens with one attached hydrogen (secondary N) is 2. The molecule has 4 aromatic rings. The molecule has 0 saturated carbocycles. The molecule has 2 fully saturated rings. The molecule has 1 aromatic heterocycles. The van der Waals surface area contributed by atoms with Crippen molar-refractivity contribution < 1.29 is 65.9 Å². The van der Waals surface area contributed by atoms with E-state index in [2.05, 4.69) is 15.6 Å². The van der Waals surface area contributed by atoms with E-state index in [9.17, 15) is 42.7 Å². The van der Waals surface area contributed by atoms with E-state index >= 15 is 0 Å². The number of aromatic nitrogens is 1. The third-order valence-corrected chi connectivity index (χ3v) is 14.6. The van der Waals surface area contributed by atoms with Gasteiger partial charge >= 0.3 is 6.18 Å². The number of hydrogen-bond donors (Lipinski definition) is 3. The van der Waals surface area contributed by atoms with Crippen molar-refractivity contribution in [1.82, 2.24) is 20.5 Å². The molecule has 0 unspecified atom stereocenters. The Balaban J connectivity index is 0.744. The maximum atomic E-state index is 13.9. The van der Waals surface area contributed by atoms with Gasteiger partial charge in [0.25, 0.3) is 5.91 Å². The number of alkyl halides is 3. The van der Waals surface area contributed by atoms with Crippen LogP contribution in [0.2, 0.25) is 0 Å². The molecule has 0 spiro atoms. The number of nitrogens with zero attached hydrogens (tertiary/aromatic N) is 5. The van der Waals surface area contributed by atoms with Crippen LogP contribution >= 0.6 is 23.6 Å².